The minimum Gasteiger partial charge on any atom is -0.481 e. The summed E-state index contributed by atoms with van der Waals surface area (Å²) in [5.41, 5.74) is 0. The van der Waals surface area contributed by atoms with Gasteiger partial charge in [-0.2, -0.15) is 0 Å². The first-order valence-corrected chi connectivity index (χ1v) is 13.0. The third-order valence-electron chi connectivity index (χ3n) is 6.34. The fourth-order valence-electron chi connectivity index (χ4n) is 3.73. The highest BCUT2D eigenvalue weighted by Gasteiger charge is 2.35. The molecule has 230 valence electrons. The highest BCUT2D eigenvalue weighted by molar-refractivity contribution is 5.98. The van der Waals surface area contributed by atoms with Crippen molar-refractivity contribution in [2.24, 2.45) is 5.92 Å². The van der Waals surface area contributed by atoms with Gasteiger partial charge in [0.1, 0.15) is 30.2 Å². The van der Waals surface area contributed by atoms with Crippen molar-refractivity contribution >= 4 is 47.4 Å². The Bertz CT molecular complexity index is 1030. The molecule has 0 aromatic carbocycles. The number of carbonyl (C=O) groups is 8. The molecule has 17 heteroatoms. The molecule has 0 radical (unpaired) electrons. The van der Waals surface area contributed by atoms with E-state index in [9.17, 15) is 48.6 Å². The lowest BCUT2D eigenvalue weighted by atomic mass is 9.97. The van der Waals surface area contributed by atoms with Crippen LogP contribution < -0.4 is 31.9 Å². The molecule has 17 nitrogen and oxygen atoms in total. The quantitative estimate of drug-likeness (QED) is 0.134. The average Bonchev–Trinajstić information content (AvgIpc) is 2.88. The van der Waals surface area contributed by atoms with E-state index in [4.69, 9.17) is 5.11 Å². The predicted octanol–water partition coefficient (Wildman–Crippen LogP) is -3.67. The summed E-state index contributed by atoms with van der Waals surface area (Å²) < 4.78 is 0. The molecule has 1 aliphatic heterocycles. The van der Waals surface area contributed by atoms with Crippen molar-refractivity contribution < 1.29 is 53.7 Å². The molecule has 6 amide bonds. The Morgan fingerprint density at radius 1 is 0.780 bits per heavy atom. The van der Waals surface area contributed by atoms with Gasteiger partial charge in [0.15, 0.2) is 0 Å². The third kappa shape index (κ3) is 11.4. The lowest BCUT2D eigenvalue weighted by Crippen LogP contribution is -2.62. The van der Waals surface area contributed by atoms with Crippen molar-refractivity contribution in [3.63, 3.8) is 0 Å². The molecule has 1 heterocycles. The number of aliphatic carboxylic acids is 2. The third-order valence-corrected chi connectivity index (χ3v) is 6.34. The maximum Gasteiger partial charge on any atom is 0.305 e. The molecule has 0 spiro atoms. The van der Waals surface area contributed by atoms with E-state index >= 15 is 0 Å². The lowest BCUT2D eigenvalue weighted by Gasteiger charge is -2.29. The standard InChI is InChI=1S/C24H38N6O11/c1-5-10(2)18-23(40)30-19(12(4)31)24(41)28-14(8-17(35)36)21(38)25-9-15(32)27-13(6-7-16(33)34)22(39)26-11(3)20(37)29-18/h10-14,18-19,31H,5-9H2,1-4H3,(H,25,38)(H,26,39)(H,27,32)(H,28,41)(H,29,37)(H,30,40)(H,33,34)(H,35,36)/t10-,11-,12+,13-,14-,18-,19-/m0/s1. The van der Waals surface area contributed by atoms with Crippen LogP contribution in [0.3, 0.4) is 0 Å². The van der Waals surface area contributed by atoms with Crippen LogP contribution in [0.5, 0.6) is 0 Å². The highest BCUT2D eigenvalue weighted by atomic mass is 16.4. The van der Waals surface area contributed by atoms with Gasteiger partial charge in [-0.25, -0.2) is 0 Å². The zero-order valence-electron chi connectivity index (χ0n) is 23.2. The fraction of sp³-hybridized carbons (Fsp3) is 0.667. The summed E-state index contributed by atoms with van der Waals surface area (Å²) in [6, 6.07) is -7.33. The average molecular weight is 587 g/mol. The van der Waals surface area contributed by atoms with Gasteiger partial charge < -0.3 is 47.2 Å². The number of hydrogen-bond acceptors (Lipinski definition) is 9. The second-order valence-corrected chi connectivity index (χ2v) is 9.76. The molecule has 1 fully saturated rings. The van der Waals surface area contributed by atoms with Gasteiger partial charge >= 0.3 is 11.9 Å². The predicted molar refractivity (Wildman–Crippen MR) is 139 cm³/mol. The maximum atomic E-state index is 13.2. The second-order valence-electron chi connectivity index (χ2n) is 9.76. The van der Waals surface area contributed by atoms with Crippen molar-refractivity contribution in [3.05, 3.63) is 0 Å². The van der Waals surface area contributed by atoms with Crippen LogP contribution in [0.2, 0.25) is 0 Å². The van der Waals surface area contributed by atoms with Crippen LogP contribution in [0.4, 0.5) is 0 Å². The number of carboxylic acids is 2. The maximum absolute atomic E-state index is 13.2. The van der Waals surface area contributed by atoms with Crippen LogP contribution in [0, 0.1) is 5.92 Å². The first-order chi connectivity index (χ1) is 19.1. The molecule has 0 aliphatic carbocycles. The summed E-state index contributed by atoms with van der Waals surface area (Å²) in [7, 11) is 0. The Morgan fingerprint density at radius 2 is 1.37 bits per heavy atom. The molecule has 9 N–H and O–H groups in total. The first kappa shape index (κ1) is 34.7. The topological polar surface area (TPSA) is 269 Å². The van der Waals surface area contributed by atoms with Crippen molar-refractivity contribution in [3.8, 4) is 0 Å². The molecule has 1 saturated heterocycles. The Balaban J connectivity index is 3.46. The largest absolute Gasteiger partial charge is 0.481 e. The Morgan fingerprint density at radius 3 is 1.90 bits per heavy atom. The smallest absolute Gasteiger partial charge is 0.305 e. The Kier molecular flexibility index (Phi) is 13.6. The van der Waals surface area contributed by atoms with E-state index in [2.05, 4.69) is 31.9 Å². The summed E-state index contributed by atoms with van der Waals surface area (Å²) in [4.78, 5) is 99.4. The van der Waals surface area contributed by atoms with Crippen molar-refractivity contribution in [1.82, 2.24) is 31.9 Å². The Labute approximate surface area is 235 Å². The molecular weight excluding hydrogens is 548 g/mol. The van der Waals surface area contributed by atoms with Crippen molar-refractivity contribution in [2.45, 2.75) is 89.7 Å². The van der Waals surface area contributed by atoms with Gasteiger partial charge in [0, 0.05) is 6.42 Å². The van der Waals surface area contributed by atoms with Gasteiger partial charge in [0.2, 0.25) is 35.4 Å². The van der Waals surface area contributed by atoms with Crippen LogP contribution in [0.1, 0.15) is 53.4 Å². The van der Waals surface area contributed by atoms with Gasteiger partial charge in [0.25, 0.3) is 0 Å². The van der Waals surface area contributed by atoms with Gasteiger partial charge in [-0.3, -0.25) is 38.4 Å². The zero-order chi connectivity index (χ0) is 31.4. The van der Waals surface area contributed by atoms with Crippen molar-refractivity contribution in [2.75, 3.05) is 6.54 Å². The summed E-state index contributed by atoms with van der Waals surface area (Å²) in [5, 5.41) is 42.0. The molecule has 0 saturated carbocycles. The Hall–Kier alpha value is -4.28. The molecule has 1 aliphatic rings. The van der Waals surface area contributed by atoms with E-state index in [-0.39, 0.29) is 6.42 Å². The van der Waals surface area contributed by atoms with E-state index in [1.165, 1.54) is 13.8 Å². The number of hydrogen-bond donors (Lipinski definition) is 9. The van der Waals surface area contributed by atoms with Crippen LogP contribution in [0.25, 0.3) is 0 Å². The summed E-state index contributed by atoms with van der Waals surface area (Å²) in [5.74, 6) is -9.02. The van der Waals surface area contributed by atoms with Crippen LogP contribution in [-0.2, 0) is 38.4 Å². The number of carboxylic acid groups (broad SMARTS) is 2. The lowest BCUT2D eigenvalue weighted by molar-refractivity contribution is -0.142. The molecule has 41 heavy (non-hydrogen) atoms. The molecule has 0 aromatic rings. The minimum atomic E-state index is -1.73. The number of carbonyl (C=O) groups excluding carboxylic acids is 6. The second kappa shape index (κ2) is 16.1. The fourth-order valence-corrected chi connectivity index (χ4v) is 3.73. The summed E-state index contributed by atoms with van der Waals surface area (Å²) >= 11 is 0. The van der Waals surface area contributed by atoms with E-state index in [1.807, 2.05) is 0 Å². The van der Waals surface area contributed by atoms with Crippen LogP contribution in [0.15, 0.2) is 0 Å². The van der Waals surface area contributed by atoms with Crippen molar-refractivity contribution in [1.29, 1.82) is 0 Å². The number of aliphatic hydroxyl groups is 1. The summed E-state index contributed by atoms with van der Waals surface area (Å²) in [6.45, 7) is 5.03. The number of nitrogens with one attached hydrogen (secondary N) is 6. The molecule has 1 rings (SSSR count). The normalized spacial score (nSPS) is 26.9. The van der Waals surface area contributed by atoms with E-state index in [0.717, 1.165) is 0 Å². The van der Waals surface area contributed by atoms with E-state index in [1.54, 1.807) is 13.8 Å². The molecule has 7 atom stereocenters. The molecule has 0 aromatic heterocycles. The SMILES string of the molecule is CC[C@H](C)[C@@H]1NC(=O)[C@H](C)NC(=O)[C@H](CCC(=O)O)NC(=O)CNC(=O)[C@H](CC(=O)O)NC(=O)[C@H]([C@@H](C)O)NC1=O. The number of amides is 6. The van der Waals surface area contributed by atoms with Gasteiger partial charge in [-0.15, -0.1) is 0 Å². The van der Waals surface area contributed by atoms with Gasteiger partial charge in [0.05, 0.1) is 19.1 Å². The molecule has 0 unspecified atom stereocenters. The number of aliphatic hydroxyl groups excluding tert-OH is 1. The highest BCUT2D eigenvalue weighted by Crippen LogP contribution is 2.10. The molecule has 0 bridgehead atoms. The summed E-state index contributed by atoms with van der Waals surface area (Å²) in [6.07, 6.45) is -2.95. The molecular formula is C24H38N6O11. The van der Waals surface area contributed by atoms with Crippen LogP contribution >= 0.6 is 0 Å². The first-order valence-electron chi connectivity index (χ1n) is 13.0. The number of rotatable bonds is 8. The van der Waals surface area contributed by atoms with E-state index in [0.29, 0.717) is 6.42 Å². The van der Waals surface area contributed by atoms with Crippen LogP contribution in [-0.4, -0.2) is 106 Å². The minimum absolute atomic E-state index is 0.370. The monoisotopic (exact) mass is 586 g/mol. The van der Waals surface area contributed by atoms with Gasteiger partial charge in [-0.1, -0.05) is 20.3 Å². The van der Waals surface area contributed by atoms with E-state index < -0.39 is 109 Å². The zero-order valence-corrected chi connectivity index (χ0v) is 23.2. The van der Waals surface area contributed by atoms with Gasteiger partial charge in [-0.05, 0) is 26.2 Å².